The maximum Gasteiger partial charge on any atom is 0.0471 e. The van der Waals surface area contributed by atoms with Crippen molar-refractivity contribution in [2.75, 3.05) is 26.3 Å². The largest absolute Gasteiger partial charge is 0.381 e. The molecule has 0 aliphatic rings. The summed E-state index contributed by atoms with van der Waals surface area (Å²) in [6.07, 6.45) is 7.37. The third kappa shape index (κ3) is 9.61. The fourth-order valence-corrected chi connectivity index (χ4v) is 2.14. The summed E-state index contributed by atoms with van der Waals surface area (Å²) in [6, 6.07) is 0. The van der Waals surface area contributed by atoms with E-state index >= 15 is 0 Å². The van der Waals surface area contributed by atoms with Gasteiger partial charge in [0.1, 0.15) is 0 Å². The summed E-state index contributed by atoms with van der Waals surface area (Å²) in [7, 11) is 0. The second-order valence-corrected chi connectivity index (χ2v) is 5.45. The molecule has 2 nitrogen and oxygen atoms in total. The predicted molar refractivity (Wildman–Crippen MR) is 76.5 cm³/mol. The minimum absolute atomic E-state index is 0.413. The van der Waals surface area contributed by atoms with Crippen LogP contribution in [0, 0.1) is 5.41 Å². The van der Waals surface area contributed by atoms with Gasteiger partial charge in [0.05, 0.1) is 0 Å². The smallest absolute Gasteiger partial charge is 0.0471 e. The zero-order chi connectivity index (χ0) is 13.0. The van der Waals surface area contributed by atoms with Crippen LogP contribution in [-0.2, 0) is 4.74 Å². The third-order valence-electron chi connectivity index (χ3n) is 3.32. The summed E-state index contributed by atoms with van der Waals surface area (Å²) >= 11 is 0. The highest BCUT2D eigenvalue weighted by Gasteiger charge is 2.22. The average molecular weight is 243 g/mol. The average Bonchev–Trinajstić information content (AvgIpc) is 2.29. The van der Waals surface area contributed by atoms with E-state index in [1.54, 1.807) is 0 Å². The topological polar surface area (TPSA) is 21.3 Å². The summed E-state index contributed by atoms with van der Waals surface area (Å²) in [4.78, 5) is 0. The van der Waals surface area contributed by atoms with Gasteiger partial charge < -0.3 is 10.1 Å². The van der Waals surface area contributed by atoms with E-state index in [9.17, 15) is 0 Å². The van der Waals surface area contributed by atoms with Crippen molar-refractivity contribution in [2.24, 2.45) is 5.41 Å². The van der Waals surface area contributed by atoms with Gasteiger partial charge in [-0.15, -0.1) is 0 Å². The second kappa shape index (κ2) is 11.0. The first kappa shape index (κ1) is 16.9. The Kier molecular flexibility index (Phi) is 11.0. The number of unbranched alkanes of at least 4 members (excludes halogenated alkanes) is 1. The van der Waals surface area contributed by atoms with Crippen molar-refractivity contribution in [1.29, 1.82) is 0 Å². The van der Waals surface area contributed by atoms with Gasteiger partial charge >= 0.3 is 0 Å². The van der Waals surface area contributed by atoms with Crippen molar-refractivity contribution < 1.29 is 4.74 Å². The molecule has 1 unspecified atom stereocenters. The van der Waals surface area contributed by atoms with Crippen molar-refractivity contribution in [1.82, 2.24) is 5.32 Å². The molecule has 0 fully saturated rings. The molecule has 0 aromatic rings. The molecule has 1 N–H and O–H groups in total. The van der Waals surface area contributed by atoms with Crippen LogP contribution in [0.15, 0.2) is 0 Å². The fraction of sp³-hybridized carbons (Fsp3) is 1.00. The van der Waals surface area contributed by atoms with E-state index in [0.29, 0.717) is 5.41 Å². The SMILES string of the molecule is CCCCOCCC(C)(CCC)CNCCC. The number of ether oxygens (including phenoxy) is 1. The van der Waals surface area contributed by atoms with Crippen LogP contribution in [0.1, 0.15) is 66.2 Å². The predicted octanol–water partition coefficient (Wildman–Crippen LogP) is 4.00. The second-order valence-electron chi connectivity index (χ2n) is 5.45. The van der Waals surface area contributed by atoms with Gasteiger partial charge in [-0.05, 0) is 37.6 Å². The molecule has 0 saturated carbocycles. The molecule has 0 aromatic carbocycles. The lowest BCUT2D eigenvalue weighted by molar-refractivity contribution is 0.0926. The fourth-order valence-electron chi connectivity index (χ4n) is 2.14. The molecule has 0 radical (unpaired) electrons. The van der Waals surface area contributed by atoms with Gasteiger partial charge in [-0.1, -0.05) is 40.5 Å². The third-order valence-corrected chi connectivity index (χ3v) is 3.32. The minimum atomic E-state index is 0.413. The zero-order valence-electron chi connectivity index (χ0n) is 12.5. The molecular formula is C15H33NO. The first-order chi connectivity index (χ1) is 8.18. The molecule has 0 saturated heterocycles. The molecule has 0 spiro atoms. The molecule has 0 aromatic heterocycles. The van der Waals surface area contributed by atoms with E-state index < -0.39 is 0 Å². The van der Waals surface area contributed by atoms with E-state index in [1.165, 1.54) is 38.5 Å². The normalized spacial score (nSPS) is 14.8. The van der Waals surface area contributed by atoms with Gasteiger partial charge in [0.2, 0.25) is 0 Å². The molecule has 0 amide bonds. The van der Waals surface area contributed by atoms with Gasteiger partial charge in [-0.25, -0.2) is 0 Å². The highest BCUT2D eigenvalue weighted by Crippen LogP contribution is 2.26. The maximum atomic E-state index is 5.69. The van der Waals surface area contributed by atoms with Crippen LogP contribution in [0.3, 0.4) is 0 Å². The summed E-state index contributed by atoms with van der Waals surface area (Å²) in [6.45, 7) is 13.2. The first-order valence-electron chi connectivity index (χ1n) is 7.47. The lowest BCUT2D eigenvalue weighted by atomic mass is 9.82. The molecule has 0 heterocycles. The summed E-state index contributed by atoms with van der Waals surface area (Å²) in [5, 5.41) is 3.56. The zero-order valence-corrected chi connectivity index (χ0v) is 12.5. The monoisotopic (exact) mass is 243 g/mol. The van der Waals surface area contributed by atoms with Crippen molar-refractivity contribution in [3.05, 3.63) is 0 Å². The molecule has 0 bridgehead atoms. The molecule has 2 heteroatoms. The lowest BCUT2D eigenvalue weighted by Crippen LogP contribution is -2.33. The van der Waals surface area contributed by atoms with Crippen molar-refractivity contribution in [3.63, 3.8) is 0 Å². The molecule has 104 valence electrons. The van der Waals surface area contributed by atoms with Crippen LogP contribution < -0.4 is 5.32 Å². The van der Waals surface area contributed by atoms with Gasteiger partial charge in [-0.3, -0.25) is 0 Å². The molecule has 1 atom stereocenters. The maximum absolute atomic E-state index is 5.69. The number of hydrogen-bond donors (Lipinski definition) is 1. The van der Waals surface area contributed by atoms with E-state index in [0.717, 1.165) is 26.3 Å². The van der Waals surface area contributed by atoms with Crippen LogP contribution in [0.2, 0.25) is 0 Å². The van der Waals surface area contributed by atoms with E-state index in [4.69, 9.17) is 4.74 Å². The molecule has 0 rings (SSSR count). The highest BCUT2D eigenvalue weighted by atomic mass is 16.5. The van der Waals surface area contributed by atoms with Gasteiger partial charge in [-0.2, -0.15) is 0 Å². The molecular weight excluding hydrogens is 210 g/mol. The quantitative estimate of drug-likeness (QED) is 0.523. The Labute approximate surface area is 109 Å². The van der Waals surface area contributed by atoms with Crippen LogP contribution >= 0.6 is 0 Å². The summed E-state index contributed by atoms with van der Waals surface area (Å²) in [5.74, 6) is 0. The van der Waals surface area contributed by atoms with E-state index in [-0.39, 0.29) is 0 Å². The number of hydrogen-bond acceptors (Lipinski definition) is 2. The Morgan fingerprint density at radius 3 is 2.29 bits per heavy atom. The Balaban J connectivity index is 3.77. The number of rotatable bonds is 12. The van der Waals surface area contributed by atoms with Crippen molar-refractivity contribution >= 4 is 0 Å². The van der Waals surface area contributed by atoms with Crippen LogP contribution in [0.5, 0.6) is 0 Å². The van der Waals surface area contributed by atoms with Gasteiger partial charge in [0.25, 0.3) is 0 Å². The van der Waals surface area contributed by atoms with E-state index in [2.05, 4.69) is 33.0 Å². The van der Waals surface area contributed by atoms with E-state index in [1.807, 2.05) is 0 Å². The van der Waals surface area contributed by atoms with Crippen molar-refractivity contribution in [3.8, 4) is 0 Å². The standard InChI is InChI=1S/C15H33NO/c1-5-8-12-17-13-10-15(4,9-6-2)14-16-11-7-3/h16H,5-14H2,1-4H3. The Morgan fingerprint density at radius 1 is 0.941 bits per heavy atom. The number of nitrogens with one attached hydrogen (secondary N) is 1. The van der Waals surface area contributed by atoms with Crippen LogP contribution in [0.4, 0.5) is 0 Å². The lowest BCUT2D eigenvalue weighted by Gasteiger charge is -2.29. The van der Waals surface area contributed by atoms with Crippen LogP contribution in [0.25, 0.3) is 0 Å². The Hall–Kier alpha value is -0.0800. The minimum Gasteiger partial charge on any atom is -0.381 e. The Bertz CT molecular complexity index is 161. The molecule has 0 aliphatic heterocycles. The highest BCUT2D eigenvalue weighted by molar-refractivity contribution is 4.76. The molecule has 17 heavy (non-hydrogen) atoms. The first-order valence-corrected chi connectivity index (χ1v) is 7.47. The van der Waals surface area contributed by atoms with Gasteiger partial charge in [0, 0.05) is 19.8 Å². The van der Waals surface area contributed by atoms with Crippen molar-refractivity contribution in [2.45, 2.75) is 66.2 Å². The summed E-state index contributed by atoms with van der Waals surface area (Å²) < 4.78 is 5.69. The Morgan fingerprint density at radius 2 is 1.71 bits per heavy atom. The van der Waals surface area contributed by atoms with Gasteiger partial charge in [0.15, 0.2) is 0 Å². The molecule has 0 aliphatic carbocycles. The summed E-state index contributed by atoms with van der Waals surface area (Å²) in [5.41, 5.74) is 0.413. The van der Waals surface area contributed by atoms with Crippen LogP contribution in [-0.4, -0.2) is 26.3 Å².